The van der Waals surface area contributed by atoms with Gasteiger partial charge in [0.25, 0.3) is 0 Å². The smallest absolute Gasteiger partial charge is 0.148 e. The van der Waals surface area contributed by atoms with Crippen molar-refractivity contribution in [1.82, 2.24) is 0 Å². The number of ether oxygens (including phenoxy) is 1. The van der Waals surface area contributed by atoms with Crippen LogP contribution in [0, 0.1) is 5.82 Å². The highest BCUT2D eigenvalue weighted by Crippen LogP contribution is 2.35. The maximum absolute atomic E-state index is 13.6. The summed E-state index contributed by atoms with van der Waals surface area (Å²) in [6.07, 6.45) is 0. The highest BCUT2D eigenvalue weighted by atomic mass is 19.1. The molecule has 0 unspecified atom stereocenters. The van der Waals surface area contributed by atoms with Crippen LogP contribution in [0.25, 0.3) is 0 Å². The third kappa shape index (κ3) is 2.34. The zero-order valence-corrected chi connectivity index (χ0v) is 10.5. The molecule has 4 heteroatoms. The molecule has 0 saturated carbocycles. The van der Waals surface area contributed by atoms with Gasteiger partial charge in [-0.2, -0.15) is 0 Å². The topological polar surface area (TPSA) is 38.5 Å². The van der Waals surface area contributed by atoms with Gasteiger partial charge in [0, 0.05) is 18.7 Å². The summed E-state index contributed by atoms with van der Waals surface area (Å²) in [6.45, 7) is 2.07. The van der Waals surface area contributed by atoms with Crippen molar-refractivity contribution in [3.63, 3.8) is 0 Å². The zero-order chi connectivity index (χ0) is 13.2. The standard InChI is InChI=1S/C15H15FN2O/c16-12-8-14-15(9-13(12)17)19-7-6-18(14)10-11-4-2-1-3-5-11/h1-5,8-9H,6-7,10,17H2. The number of nitrogens with two attached hydrogens (primary N) is 1. The van der Waals surface area contributed by atoms with Gasteiger partial charge in [-0.05, 0) is 5.56 Å². The number of anilines is 2. The summed E-state index contributed by atoms with van der Waals surface area (Å²) in [4.78, 5) is 2.11. The Balaban J connectivity index is 1.92. The molecule has 2 aromatic rings. The van der Waals surface area contributed by atoms with Gasteiger partial charge in [0.05, 0.1) is 17.9 Å². The van der Waals surface area contributed by atoms with Crippen LogP contribution in [0.15, 0.2) is 42.5 Å². The largest absolute Gasteiger partial charge is 0.489 e. The molecule has 0 aromatic heterocycles. The van der Waals surface area contributed by atoms with E-state index in [1.807, 2.05) is 18.2 Å². The molecule has 1 aliphatic rings. The van der Waals surface area contributed by atoms with Crippen LogP contribution in [0.1, 0.15) is 5.56 Å². The molecule has 0 saturated heterocycles. The van der Waals surface area contributed by atoms with E-state index in [9.17, 15) is 4.39 Å². The monoisotopic (exact) mass is 258 g/mol. The van der Waals surface area contributed by atoms with Crippen LogP contribution >= 0.6 is 0 Å². The fourth-order valence-electron chi connectivity index (χ4n) is 2.28. The van der Waals surface area contributed by atoms with Gasteiger partial charge in [-0.25, -0.2) is 4.39 Å². The summed E-state index contributed by atoms with van der Waals surface area (Å²) in [6, 6.07) is 13.1. The van der Waals surface area contributed by atoms with Crippen molar-refractivity contribution in [3.8, 4) is 5.75 Å². The first-order chi connectivity index (χ1) is 9.24. The van der Waals surface area contributed by atoms with Gasteiger partial charge < -0.3 is 15.4 Å². The molecule has 3 nitrogen and oxygen atoms in total. The van der Waals surface area contributed by atoms with E-state index in [4.69, 9.17) is 10.5 Å². The van der Waals surface area contributed by atoms with Crippen molar-refractivity contribution in [2.75, 3.05) is 23.8 Å². The van der Waals surface area contributed by atoms with E-state index in [2.05, 4.69) is 17.0 Å². The van der Waals surface area contributed by atoms with E-state index in [1.54, 1.807) is 6.07 Å². The predicted octanol–water partition coefficient (Wildman–Crippen LogP) is 2.81. The maximum Gasteiger partial charge on any atom is 0.148 e. The molecule has 3 rings (SSSR count). The third-order valence-electron chi connectivity index (χ3n) is 3.25. The molecule has 0 radical (unpaired) electrons. The number of nitrogens with zero attached hydrogens (tertiary/aromatic N) is 1. The van der Waals surface area contributed by atoms with Crippen molar-refractivity contribution < 1.29 is 9.13 Å². The van der Waals surface area contributed by atoms with Gasteiger partial charge in [0.2, 0.25) is 0 Å². The highest BCUT2D eigenvalue weighted by molar-refractivity contribution is 5.65. The zero-order valence-electron chi connectivity index (χ0n) is 10.5. The molecule has 0 bridgehead atoms. The first-order valence-corrected chi connectivity index (χ1v) is 6.25. The lowest BCUT2D eigenvalue weighted by atomic mass is 10.1. The fraction of sp³-hybridized carbons (Fsp3) is 0.200. The van der Waals surface area contributed by atoms with E-state index >= 15 is 0 Å². The number of nitrogen functional groups attached to an aromatic ring is 1. The summed E-state index contributed by atoms with van der Waals surface area (Å²) in [7, 11) is 0. The molecule has 0 amide bonds. The predicted molar refractivity (Wildman–Crippen MR) is 73.8 cm³/mol. The average Bonchev–Trinajstić information content (AvgIpc) is 2.42. The number of hydrogen-bond acceptors (Lipinski definition) is 3. The molecule has 19 heavy (non-hydrogen) atoms. The summed E-state index contributed by atoms with van der Waals surface area (Å²) in [5.74, 6) is 0.253. The highest BCUT2D eigenvalue weighted by Gasteiger charge is 2.20. The van der Waals surface area contributed by atoms with Crippen molar-refractivity contribution in [3.05, 3.63) is 53.8 Å². The summed E-state index contributed by atoms with van der Waals surface area (Å²) < 4.78 is 19.2. The molecule has 1 aliphatic heterocycles. The number of benzene rings is 2. The molecular weight excluding hydrogens is 243 g/mol. The molecule has 0 fully saturated rings. The first kappa shape index (κ1) is 11.8. The minimum absolute atomic E-state index is 0.125. The summed E-state index contributed by atoms with van der Waals surface area (Å²) in [5, 5.41) is 0. The Morgan fingerprint density at radius 1 is 1.21 bits per heavy atom. The number of hydrogen-bond donors (Lipinski definition) is 1. The van der Waals surface area contributed by atoms with Crippen LogP contribution < -0.4 is 15.4 Å². The van der Waals surface area contributed by atoms with E-state index in [0.717, 1.165) is 18.8 Å². The minimum Gasteiger partial charge on any atom is -0.489 e. The van der Waals surface area contributed by atoms with Crippen LogP contribution in [0.3, 0.4) is 0 Å². The van der Waals surface area contributed by atoms with Gasteiger partial charge in [-0.3, -0.25) is 0 Å². The third-order valence-corrected chi connectivity index (χ3v) is 3.25. The van der Waals surface area contributed by atoms with Crippen LogP contribution in [0.2, 0.25) is 0 Å². The fourth-order valence-corrected chi connectivity index (χ4v) is 2.28. The number of fused-ring (bicyclic) bond motifs is 1. The molecule has 98 valence electrons. The van der Waals surface area contributed by atoms with Crippen LogP contribution in [-0.4, -0.2) is 13.2 Å². The molecular formula is C15H15FN2O. The second-order valence-corrected chi connectivity index (χ2v) is 4.60. The summed E-state index contributed by atoms with van der Waals surface area (Å²) >= 11 is 0. The van der Waals surface area contributed by atoms with Crippen molar-refractivity contribution >= 4 is 11.4 Å². The van der Waals surface area contributed by atoms with Gasteiger partial charge >= 0.3 is 0 Å². The van der Waals surface area contributed by atoms with Crippen molar-refractivity contribution in [2.24, 2.45) is 0 Å². The second-order valence-electron chi connectivity index (χ2n) is 4.60. The Kier molecular flexibility index (Phi) is 2.99. The molecule has 1 heterocycles. The lowest BCUT2D eigenvalue weighted by molar-refractivity contribution is 0.306. The van der Waals surface area contributed by atoms with E-state index in [0.29, 0.717) is 12.4 Å². The van der Waals surface area contributed by atoms with Gasteiger partial charge in [-0.1, -0.05) is 30.3 Å². The Hall–Kier alpha value is -2.23. The molecule has 0 spiro atoms. The van der Waals surface area contributed by atoms with Gasteiger partial charge in [0.1, 0.15) is 18.2 Å². The average molecular weight is 258 g/mol. The van der Waals surface area contributed by atoms with Crippen molar-refractivity contribution in [2.45, 2.75) is 6.54 Å². The summed E-state index contributed by atoms with van der Waals surface area (Å²) in [5.41, 5.74) is 7.65. The van der Waals surface area contributed by atoms with E-state index < -0.39 is 5.82 Å². The van der Waals surface area contributed by atoms with E-state index in [1.165, 1.54) is 11.6 Å². The second kappa shape index (κ2) is 4.80. The van der Waals surface area contributed by atoms with Crippen LogP contribution in [0.5, 0.6) is 5.75 Å². The Bertz CT molecular complexity index is 586. The van der Waals surface area contributed by atoms with Crippen molar-refractivity contribution in [1.29, 1.82) is 0 Å². The van der Waals surface area contributed by atoms with Gasteiger partial charge in [0.15, 0.2) is 0 Å². The molecule has 2 N–H and O–H groups in total. The van der Waals surface area contributed by atoms with E-state index in [-0.39, 0.29) is 5.69 Å². The Morgan fingerprint density at radius 3 is 2.79 bits per heavy atom. The first-order valence-electron chi connectivity index (χ1n) is 6.25. The molecule has 0 aliphatic carbocycles. The molecule has 2 aromatic carbocycles. The lowest BCUT2D eigenvalue weighted by Gasteiger charge is -2.31. The number of halogens is 1. The minimum atomic E-state index is -0.401. The lowest BCUT2D eigenvalue weighted by Crippen LogP contribution is -2.32. The quantitative estimate of drug-likeness (QED) is 0.842. The Morgan fingerprint density at radius 2 is 2.00 bits per heavy atom. The number of rotatable bonds is 2. The SMILES string of the molecule is Nc1cc2c(cc1F)N(Cc1ccccc1)CCO2. The Labute approximate surface area is 111 Å². The maximum atomic E-state index is 13.6. The van der Waals surface area contributed by atoms with Gasteiger partial charge in [-0.15, -0.1) is 0 Å². The normalized spacial score (nSPS) is 13.8. The van der Waals surface area contributed by atoms with Crippen LogP contribution in [0.4, 0.5) is 15.8 Å². The van der Waals surface area contributed by atoms with Crippen LogP contribution in [-0.2, 0) is 6.54 Å². The molecule has 0 atom stereocenters.